The highest BCUT2D eigenvalue weighted by Crippen LogP contribution is 2.21. The predicted molar refractivity (Wildman–Crippen MR) is 53.7 cm³/mol. The van der Waals surface area contributed by atoms with E-state index < -0.39 is 24.0 Å². The Kier molecular flexibility index (Phi) is 5.00. The van der Waals surface area contributed by atoms with Gasteiger partial charge in [0.05, 0.1) is 6.42 Å². The fourth-order valence-electron chi connectivity index (χ4n) is 1.29. The number of carbonyl (C=O) groups is 2. The van der Waals surface area contributed by atoms with Crippen molar-refractivity contribution in [1.82, 2.24) is 0 Å². The molecule has 0 aliphatic heterocycles. The molecule has 1 unspecified atom stereocenters. The molecule has 0 saturated heterocycles. The van der Waals surface area contributed by atoms with E-state index in [1.165, 1.54) is 6.08 Å². The number of aliphatic carboxylic acids is 2. The number of rotatable bonds is 6. The number of ether oxygens (including phenoxy) is 1. The number of hydrogen-bond donors (Lipinski definition) is 2. The molecular formula is C10H16O5. The van der Waals surface area contributed by atoms with Crippen molar-refractivity contribution < 1.29 is 24.5 Å². The molecule has 0 spiro atoms. The van der Waals surface area contributed by atoms with Crippen LogP contribution in [0.4, 0.5) is 0 Å². The molecule has 0 aliphatic carbocycles. The van der Waals surface area contributed by atoms with E-state index in [-0.39, 0.29) is 6.61 Å². The third kappa shape index (κ3) is 4.12. The molecule has 0 heterocycles. The number of hydrogen-bond acceptors (Lipinski definition) is 3. The van der Waals surface area contributed by atoms with E-state index >= 15 is 0 Å². The number of carboxylic acids is 2. The highest BCUT2D eigenvalue weighted by Gasteiger charge is 2.39. The molecule has 0 amide bonds. The maximum atomic E-state index is 11.0. The second-order valence-corrected chi connectivity index (χ2v) is 3.42. The second kappa shape index (κ2) is 5.50. The molecule has 5 nitrogen and oxygen atoms in total. The molecule has 2 N–H and O–H groups in total. The van der Waals surface area contributed by atoms with Crippen LogP contribution in [0.25, 0.3) is 0 Å². The highest BCUT2D eigenvalue weighted by molar-refractivity contribution is 5.86. The Labute approximate surface area is 88.4 Å². The van der Waals surface area contributed by atoms with Gasteiger partial charge in [-0.2, -0.15) is 0 Å². The predicted octanol–water partition coefficient (Wildman–Crippen LogP) is 1.29. The van der Waals surface area contributed by atoms with E-state index in [0.29, 0.717) is 5.57 Å². The average molecular weight is 216 g/mol. The Balaban J connectivity index is 5.16. The molecule has 5 heteroatoms. The summed E-state index contributed by atoms with van der Waals surface area (Å²) in [6, 6.07) is 0. The summed E-state index contributed by atoms with van der Waals surface area (Å²) in [4.78, 5) is 21.7. The average Bonchev–Trinajstić information content (AvgIpc) is 2.01. The van der Waals surface area contributed by atoms with Crippen LogP contribution in [0.15, 0.2) is 11.6 Å². The van der Waals surface area contributed by atoms with Crippen LogP contribution < -0.4 is 0 Å². The maximum Gasteiger partial charge on any atom is 0.340 e. The van der Waals surface area contributed by atoms with Crippen LogP contribution in [-0.4, -0.2) is 34.4 Å². The molecule has 15 heavy (non-hydrogen) atoms. The molecule has 0 aliphatic rings. The van der Waals surface area contributed by atoms with Crippen molar-refractivity contribution in [3.05, 3.63) is 11.6 Å². The smallest absolute Gasteiger partial charge is 0.340 e. The van der Waals surface area contributed by atoms with Crippen LogP contribution in [0.5, 0.6) is 0 Å². The summed E-state index contributed by atoms with van der Waals surface area (Å²) in [5.74, 6) is -2.49. The van der Waals surface area contributed by atoms with Crippen molar-refractivity contribution >= 4 is 11.9 Å². The Morgan fingerprint density at radius 2 is 1.87 bits per heavy atom. The quantitative estimate of drug-likeness (QED) is 0.653. The zero-order chi connectivity index (χ0) is 12.1. The lowest BCUT2D eigenvalue weighted by Gasteiger charge is -2.24. The molecule has 0 radical (unpaired) electrons. The van der Waals surface area contributed by atoms with Gasteiger partial charge in [0, 0.05) is 6.61 Å². The lowest BCUT2D eigenvalue weighted by molar-refractivity contribution is -0.165. The van der Waals surface area contributed by atoms with E-state index in [0.717, 1.165) is 0 Å². The van der Waals surface area contributed by atoms with Gasteiger partial charge < -0.3 is 14.9 Å². The molecule has 0 aromatic rings. The summed E-state index contributed by atoms with van der Waals surface area (Å²) in [7, 11) is 0. The summed E-state index contributed by atoms with van der Waals surface area (Å²) < 4.78 is 5.06. The Hall–Kier alpha value is -1.36. The third-order valence-electron chi connectivity index (χ3n) is 1.70. The van der Waals surface area contributed by atoms with E-state index in [1.54, 1.807) is 20.8 Å². The van der Waals surface area contributed by atoms with E-state index in [2.05, 4.69) is 0 Å². The van der Waals surface area contributed by atoms with Gasteiger partial charge in [-0.3, -0.25) is 4.79 Å². The Morgan fingerprint density at radius 1 is 1.33 bits per heavy atom. The van der Waals surface area contributed by atoms with Crippen LogP contribution in [0.2, 0.25) is 0 Å². The minimum absolute atomic E-state index is 0.142. The van der Waals surface area contributed by atoms with Gasteiger partial charge in [-0.05, 0) is 26.8 Å². The van der Waals surface area contributed by atoms with Crippen molar-refractivity contribution in [3.63, 3.8) is 0 Å². The fraction of sp³-hybridized carbons (Fsp3) is 0.600. The first-order chi connectivity index (χ1) is 6.84. The molecule has 0 rings (SSSR count). The normalized spacial score (nSPS) is 14.1. The summed E-state index contributed by atoms with van der Waals surface area (Å²) in [6.07, 6.45) is 0.744. The third-order valence-corrected chi connectivity index (χ3v) is 1.70. The van der Waals surface area contributed by atoms with Crippen molar-refractivity contribution in [3.8, 4) is 0 Å². The summed E-state index contributed by atoms with van der Waals surface area (Å²) in [5.41, 5.74) is -1.05. The Morgan fingerprint density at radius 3 is 2.13 bits per heavy atom. The van der Waals surface area contributed by atoms with Gasteiger partial charge in [-0.1, -0.05) is 5.57 Å². The van der Waals surface area contributed by atoms with Crippen LogP contribution in [0, 0.1) is 0 Å². The van der Waals surface area contributed by atoms with E-state index in [1.807, 2.05) is 0 Å². The lowest BCUT2D eigenvalue weighted by atomic mass is 9.97. The van der Waals surface area contributed by atoms with Gasteiger partial charge >= 0.3 is 11.9 Å². The van der Waals surface area contributed by atoms with Crippen LogP contribution in [0.3, 0.4) is 0 Å². The summed E-state index contributed by atoms with van der Waals surface area (Å²) in [5, 5.41) is 17.7. The molecule has 0 saturated carbocycles. The fourth-order valence-corrected chi connectivity index (χ4v) is 1.29. The van der Waals surface area contributed by atoms with Crippen molar-refractivity contribution in [2.75, 3.05) is 6.61 Å². The summed E-state index contributed by atoms with van der Waals surface area (Å²) in [6.45, 7) is 5.15. The van der Waals surface area contributed by atoms with Gasteiger partial charge in [0.1, 0.15) is 0 Å². The molecule has 0 fully saturated rings. The van der Waals surface area contributed by atoms with Crippen molar-refractivity contribution in [1.29, 1.82) is 0 Å². The number of allylic oxidation sites excluding steroid dienone is 1. The Bertz CT molecular complexity index is 278. The largest absolute Gasteiger partial charge is 0.481 e. The minimum Gasteiger partial charge on any atom is -0.481 e. The zero-order valence-corrected chi connectivity index (χ0v) is 9.11. The zero-order valence-electron chi connectivity index (χ0n) is 9.11. The molecule has 1 atom stereocenters. The first kappa shape index (κ1) is 13.6. The standard InChI is InChI=1S/C10H16O5/c1-4-15-10(9(13)14,5-7(2)3)6-8(11)12/h5H,4,6H2,1-3H3,(H,11,12)(H,13,14). The monoisotopic (exact) mass is 216 g/mol. The second-order valence-electron chi connectivity index (χ2n) is 3.42. The minimum atomic E-state index is -1.75. The number of carboxylic acid groups (broad SMARTS) is 2. The van der Waals surface area contributed by atoms with Crippen LogP contribution in [-0.2, 0) is 14.3 Å². The maximum absolute atomic E-state index is 11.0. The molecule has 0 aromatic carbocycles. The van der Waals surface area contributed by atoms with Crippen LogP contribution in [0.1, 0.15) is 27.2 Å². The molecule has 86 valence electrons. The van der Waals surface area contributed by atoms with E-state index in [4.69, 9.17) is 14.9 Å². The molecular weight excluding hydrogens is 200 g/mol. The van der Waals surface area contributed by atoms with Gasteiger partial charge in [0.2, 0.25) is 0 Å². The first-order valence-corrected chi connectivity index (χ1v) is 4.59. The first-order valence-electron chi connectivity index (χ1n) is 4.59. The van der Waals surface area contributed by atoms with Gasteiger partial charge in [-0.25, -0.2) is 4.79 Å². The van der Waals surface area contributed by atoms with Crippen LogP contribution >= 0.6 is 0 Å². The van der Waals surface area contributed by atoms with Crippen molar-refractivity contribution in [2.45, 2.75) is 32.8 Å². The lowest BCUT2D eigenvalue weighted by Crippen LogP contribution is -2.42. The van der Waals surface area contributed by atoms with Gasteiger partial charge in [0.15, 0.2) is 5.60 Å². The topological polar surface area (TPSA) is 83.8 Å². The van der Waals surface area contributed by atoms with Gasteiger partial charge in [-0.15, -0.1) is 0 Å². The van der Waals surface area contributed by atoms with Crippen molar-refractivity contribution in [2.24, 2.45) is 0 Å². The summed E-state index contributed by atoms with van der Waals surface area (Å²) >= 11 is 0. The molecule has 0 aromatic heterocycles. The van der Waals surface area contributed by atoms with Gasteiger partial charge in [0.25, 0.3) is 0 Å². The molecule has 0 bridgehead atoms. The van der Waals surface area contributed by atoms with E-state index in [9.17, 15) is 9.59 Å². The highest BCUT2D eigenvalue weighted by atomic mass is 16.5. The SMILES string of the molecule is CCOC(C=C(C)C)(CC(=O)O)C(=O)O.